The molecule has 1 saturated heterocycles. The van der Waals surface area contributed by atoms with Crippen LogP contribution in [0.3, 0.4) is 0 Å². The Bertz CT molecular complexity index is 1180. The highest BCUT2D eigenvalue weighted by Crippen LogP contribution is 2.31. The van der Waals surface area contributed by atoms with Crippen molar-refractivity contribution in [2.75, 3.05) is 32.5 Å². The van der Waals surface area contributed by atoms with Gasteiger partial charge < -0.3 is 10.5 Å². The van der Waals surface area contributed by atoms with E-state index < -0.39 is 38.5 Å². The minimum Gasteiger partial charge on any atom is -0.497 e. The Morgan fingerprint density at radius 2 is 1.87 bits per heavy atom. The fourth-order valence-corrected chi connectivity index (χ4v) is 7.62. The van der Waals surface area contributed by atoms with Crippen LogP contribution in [0.15, 0.2) is 33.4 Å². The topological polar surface area (TPSA) is 172 Å². The predicted molar refractivity (Wildman–Crippen MR) is 111 cm³/mol. The number of carbonyl (C=O) groups excluding carboxylic acids is 1. The van der Waals surface area contributed by atoms with Gasteiger partial charge in [0.2, 0.25) is 10.0 Å². The second-order valence-electron chi connectivity index (χ2n) is 6.57. The molecule has 12 nitrogen and oxygen atoms in total. The van der Waals surface area contributed by atoms with E-state index in [4.69, 9.17) is 15.7 Å². The molecule has 1 aromatic heterocycles. The molecule has 15 heteroatoms. The molecule has 2 heterocycles. The molecule has 2 aromatic rings. The number of aryl methyl sites for hydroxylation is 1. The van der Waals surface area contributed by atoms with Gasteiger partial charge in [0, 0.05) is 19.6 Å². The number of methoxy groups -OCH3 is 1. The molecule has 1 amide bonds. The molecule has 0 aliphatic carbocycles. The number of ether oxygens (including phenoxy) is 1. The van der Waals surface area contributed by atoms with Gasteiger partial charge in [0.25, 0.3) is 15.9 Å². The van der Waals surface area contributed by atoms with Gasteiger partial charge in [-0.05, 0) is 31.2 Å². The smallest absolute Gasteiger partial charge is 0.263 e. The molecule has 31 heavy (non-hydrogen) atoms. The van der Waals surface area contributed by atoms with Crippen LogP contribution in [0.1, 0.15) is 5.69 Å². The zero-order valence-corrected chi connectivity index (χ0v) is 19.0. The number of rotatable bonds is 6. The van der Waals surface area contributed by atoms with Crippen LogP contribution in [0.2, 0.25) is 0 Å². The third kappa shape index (κ3) is 4.37. The highest BCUT2D eigenvalue weighted by atomic mass is 32.2. The third-order valence-corrected chi connectivity index (χ3v) is 10.1. The van der Waals surface area contributed by atoms with Crippen molar-refractivity contribution in [1.82, 2.24) is 19.1 Å². The molecular weight excluding hydrogens is 470 g/mol. The number of nitrogens with zero attached hydrogens (tertiary/aromatic N) is 3. The van der Waals surface area contributed by atoms with Gasteiger partial charge in [0.05, 0.1) is 17.7 Å². The number of anilines is 1. The number of nitrogens with one attached hydrogen (secondary N) is 1. The molecule has 1 fully saturated rings. The molecule has 1 aliphatic rings. The van der Waals surface area contributed by atoms with Crippen molar-refractivity contribution in [2.24, 2.45) is 0 Å². The highest BCUT2D eigenvalue weighted by molar-refractivity contribution is 7.91. The lowest BCUT2D eigenvalue weighted by Gasteiger charge is -2.38. The number of hydrogen-bond donors (Lipinski definition) is 3. The number of piperazine rings is 1. The van der Waals surface area contributed by atoms with Gasteiger partial charge in [0.15, 0.2) is 9.34 Å². The fourth-order valence-electron chi connectivity index (χ4n) is 3.18. The molecule has 0 radical (unpaired) electrons. The zero-order chi connectivity index (χ0) is 23.0. The number of carbonyl (C=O) groups is 1. The number of hydroxylamine groups is 1. The summed E-state index contributed by atoms with van der Waals surface area (Å²) in [5.41, 5.74) is 7.22. The first-order valence-electron chi connectivity index (χ1n) is 8.85. The molecule has 4 N–H and O–H groups in total. The number of aromatic nitrogens is 1. The maximum absolute atomic E-state index is 13.1. The summed E-state index contributed by atoms with van der Waals surface area (Å²) in [6.45, 7) is 0.479. The van der Waals surface area contributed by atoms with Crippen LogP contribution in [0, 0.1) is 6.92 Å². The number of amides is 1. The summed E-state index contributed by atoms with van der Waals surface area (Å²) in [4.78, 5) is 16.1. The summed E-state index contributed by atoms with van der Waals surface area (Å²) in [6.07, 6.45) is 0. The highest BCUT2D eigenvalue weighted by Gasteiger charge is 2.44. The molecule has 3 rings (SSSR count). The van der Waals surface area contributed by atoms with Gasteiger partial charge in [-0.3, -0.25) is 10.0 Å². The van der Waals surface area contributed by atoms with E-state index in [0.717, 1.165) is 19.9 Å². The average Bonchev–Trinajstić information content (AvgIpc) is 3.11. The molecule has 1 aromatic carbocycles. The quantitative estimate of drug-likeness (QED) is 0.359. The molecule has 1 aliphatic heterocycles. The van der Waals surface area contributed by atoms with Crippen molar-refractivity contribution >= 4 is 42.4 Å². The summed E-state index contributed by atoms with van der Waals surface area (Å²) >= 11 is 0.780. The molecule has 0 spiro atoms. The second-order valence-corrected chi connectivity index (χ2v) is 11.6. The first-order valence-corrected chi connectivity index (χ1v) is 12.5. The van der Waals surface area contributed by atoms with Crippen LogP contribution in [0.5, 0.6) is 5.75 Å². The van der Waals surface area contributed by atoms with E-state index in [9.17, 15) is 21.6 Å². The van der Waals surface area contributed by atoms with E-state index >= 15 is 0 Å². The summed E-state index contributed by atoms with van der Waals surface area (Å²) < 4.78 is 59.1. The Balaban J connectivity index is 1.95. The van der Waals surface area contributed by atoms with Crippen LogP contribution in [0.25, 0.3) is 0 Å². The van der Waals surface area contributed by atoms with Crippen molar-refractivity contribution in [3.63, 3.8) is 0 Å². The Hall–Kier alpha value is -2.30. The van der Waals surface area contributed by atoms with Crippen LogP contribution >= 0.6 is 11.3 Å². The summed E-state index contributed by atoms with van der Waals surface area (Å²) in [5, 5.41) is 9.20. The van der Waals surface area contributed by atoms with E-state index in [1.807, 2.05) is 0 Å². The normalized spacial score (nSPS) is 18.6. The molecular formula is C16H21N5O7S3. The minimum atomic E-state index is -4.17. The second kappa shape index (κ2) is 8.68. The van der Waals surface area contributed by atoms with Gasteiger partial charge in [-0.25, -0.2) is 27.3 Å². The van der Waals surface area contributed by atoms with Crippen LogP contribution in [-0.4, -0.2) is 74.3 Å². The van der Waals surface area contributed by atoms with Gasteiger partial charge in [0.1, 0.15) is 11.8 Å². The van der Waals surface area contributed by atoms with Crippen molar-refractivity contribution in [1.29, 1.82) is 0 Å². The molecule has 1 atom stereocenters. The summed E-state index contributed by atoms with van der Waals surface area (Å²) in [6, 6.07) is 4.03. The lowest BCUT2D eigenvalue weighted by molar-refractivity contribution is -0.134. The lowest BCUT2D eigenvalue weighted by atomic mass is 10.2. The molecule has 170 valence electrons. The largest absolute Gasteiger partial charge is 0.497 e. The summed E-state index contributed by atoms with van der Waals surface area (Å²) in [7, 11) is -6.82. The number of sulfonamides is 2. The minimum absolute atomic E-state index is 0.0708. The van der Waals surface area contributed by atoms with Crippen molar-refractivity contribution in [3.8, 4) is 5.75 Å². The van der Waals surface area contributed by atoms with Crippen molar-refractivity contribution < 1.29 is 31.6 Å². The monoisotopic (exact) mass is 491 g/mol. The Morgan fingerprint density at radius 1 is 1.23 bits per heavy atom. The van der Waals surface area contributed by atoms with E-state index in [1.54, 1.807) is 0 Å². The first-order chi connectivity index (χ1) is 14.5. The van der Waals surface area contributed by atoms with Crippen molar-refractivity contribution in [3.05, 3.63) is 30.0 Å². The maximum Gasteiger partial charge on any atom is 0.263 e. The third-order valence-electron chi connectivity index (χ3n) is 4.72. The predicted octanol–water partition coefficient (Wildman–Crippen LogP) is -0.388. The van der Waals surface area contributed by atoms with E-state index in [-0.39, 0.29) is 33.0 Å². The van der Waals surface area contributed by atoms with E-state index in [1.165, 1.54) is 43.8 Å². The van der Waals surface area contributed by atoms with Crippen LogP contribution in [-0.2, 0) is 24.8 Å². The van der Waals surface area contributed by atoms with Gasteiger partial charge in [-0.1, -0.05) is 11.3 Å². The van der Waals surface area contributed by atoms with E-state index in [0.29, 0.717) is 5.75 Å². The van der Waals surface area contributed by atoms with Gasteiger partial charge >= 0.3 is 0 Å². The maximum atomic E-state index is 13.1. The SMILES string of the molecule is COc1ccc(S(=O)(=O)N2CCN(S(=O)(=O)c3sc(N)nc3C)CC2C(=O)NO)cc1. The number of nitrogens with two attached hydrogens (primary N) is 1. The number of benzene rings is 1. The molecule has 0 bridgehead atoms. The fraction of sp³-hybridized carbons (Fsp3) is 0.375. The molecule has 0 saturated carbocycles. The lowest BCUT2D eigenvalue weighted by Crippen LogP contribution is -2.61. The first kappa shape index (κ1) is 23.4. The Kier molecular flexibility index (Phi) is 6.54. The number of hydrogen-bond acceptors (Lipinski definition) is 10. The van der Waals surface area contributed by atoms with Crippen LogP contribution in [0.4, 0.5) is 5.13 Å². The zero-order valence-electron chi connectivity index (χ0n) is 16.5. The number of nitrogen functional groups attached to an aromatic ring is 1. The van der Waals surface area contributed by atoms with Crippen LogP contribution < -0.4 is 16.0 Å². The Labute approximate surface area is 183 Å². The van der Waals surface area contributed by atoms with Gasteiger partial charge in [-0.15, -0.1) is 0 Å². The Morgan fingerprint density at radius 3 is 2.39 bits per heavy atom. The van der Waals surface area contributed by atoms with E-state index in [2.05, 4.69) is 4.98 Å². The number of thiazole rings is 1. The standard InChI is InChI=1S/C16H21N5O7S3/c1-10-15(29-16(17)18-10)31(26,27)20-7-8-21(13(9-20)14(22)19-23)30(24,25)12-5-3-11(28-2)4-6-12/h3-6,13,23H,7-9H2,1-2H3,(H2,17,18)(H,19,22). The molecule has 1 unspecified atom stereocenters. The van der Waals surface area contributed by atoms with Gasteiger partial charge in [-0.2, -0.15) is 8.61 Å². The average molecular weight is 492 g/mol. The summed E-state index contributed by atoms with van der Waals surface area (Å²) in [5.74, 6) is -0.615. The van der Waals surface area contributed by atoms with Crippen molar-refractivity contribution in [2.45, 2.75) is 22.1 Å².